The first-order valence-electron chi connectivity index (χ1n) is 9.38. The third kappa shape index (κ3) is 3.48. The normalized spacial score (nSPS) is 25.7. The molecule has 9 nitrogen and oxygen atoms in total. The molecule has 2 aromatic heterocycles. The van der Waals surface area contributed by atoms with Crippen molar-refractivity contribution < 1.29 is 24.5 Å². The van der Waals surface area contributed by atoms with Gasteiger partial charge >= 0.3 is 0 Å². The first kappa shape index (κ1) is 20.8. The first-order valence-corrected chi connectivity index (χ1v) is 9.76. The molecule has 1 aliphatic rings. The number of nitrogens with zero attached hydrogens (tertiary/aromatic N) is 3. The zero-order chi connectivity index (χ0) is 21.4. The Morgan fingerprint density at radius 1 is 1.27 bits per heavy atom. The molecule has 4 rings (SSSR count). The SMILES string of the molecule is CON=c1[nH]cnc2c1ccn2[C@@H]1O[C@H]([C@H](OC)c2ccc(Cl)c(C)c2)[C@@H](O)[C@H]1O. The van der Waals surface area contributed by atoms with Crippen LogP contribution >= 0.6 is 11.6 Å². The lowest BCUT2D eigenvalue weighted by atomic mass is 9.98. The summed E-state index contributed by atoms with van der Waals surface area (Å²) in [4.78, 5) is 12.1. The van der Waals surface area contributed by atoms with E-state index in [-0.39, 0.29) is 0 Å². The van der Waals surface area contributed by atoms with Gasteiger partial charge in [-0.1, -0.05) is 28.9 Å². The second-order valence-electron chi connectivity index (χ2n) is 7.12. The highest BCUT2D eigenvalue weighted by atomic mass is 35.5. The molecule has 10 heteroatoms. The van der Waals surface area contributed by atoms with Crippen LogP contribution in [0.2, 0.25) is 5.02 Å². The maximum atomic E-state index is 10.8. The summed E-state index contributed by atoms with van der Waals surface area (Å²) in [6, 6.07) is 7.25. The van der Waals surface area contributed by atoms with Gasteiger partial charge in [0.2, 0.25) is 0 Å². The molecule has 1 aromatic carbocycles. The number of H-pyrrole nitrogens is 1. The van der Waals surface area contributed by atoms with Gasteiger partial charge in [0, 0.05) is 18.3 Å². The van der Waals surface area contributed by atoms with E-state index in [1.54, 1.807) is 22.9 Å². The minimum absolute atomic E-state index is 0.484. The third-order valence-electron chi connectivity index (χ3n) is 5.33. The van der Waals surface area contributed by atoms with Gasteiger partial charge in [-0.25, -0.2) is 4.98 Å². The number of aromatic nitrogens is 3. The van der Waals surface area contributed by atoms with Gasteiger partial charge in [0.05, 0.1) is 11.7 Å². The Morgan fingerprint density at radius 3 is 2.77 bits per heavy atom. The van der Waals surface area contributed by atoms with Crippen molar-refractivity contribution in [2.75, 3.05) is 14.2 Å². The van der Waals surface area contributed by atoms with E-state index in [2.05, 4.69) is 15.1 Å². The zero-order valence-electron chi connectivity index (χ0n) is 16.7. The number of hydrogen-bond acceptors (Lipinski definition) is 7. The molecule has 160 valence electrons. The Labute approximate surface area is 177 Å². The predicted octanol–water partition coefficient (Wildman–Crippen LogP) is 1.80. The summed E-state index contributed by atoms with van der Waals surface area (Å²) in [5.41, 5.74) is 2.68. The minimum atomic E-state index is -1.19. The summed E-state index contributed by atoms with van der Waals surface area (Å²) in [7, 11) is 2.98. The highest BCUT2D eigenvalue weighted by Gasteiger charge is 2.48. The average molecular weight is 435 g/mol. The molecule has 30 heavy (non-hydrogen) atoms. The Hall–Kier alpha value is -2.43. The number of fused-ring (bicyclic) bond motifs is 1. The van der Waals surface area contributed by atoms with E-state index < -0.39 is 30.6 Å². The summed E-state index contributed by atoms with van der Waals surface area (Å²) >= 11 is 6.13. The fourth-order valence-corrected chi connectivity index (χ4v) is 3.95. The third-order valence-corrected chi connectivity index (χ3v) is 5.75. The molecule has 3 aromatic rings. The summed E-state index contributed by atoms with van der Waals surface area (Å²) in [5, 5.41) is 26.8. The van der Waals surface area contributed by atoms with Crippen molar-refractivity contribution >= 4 is 22.6 Å². The number of hydrogen-bond donors (Lipinski definition) is 3. The van der Waals surface area contributed by atoms with Gasteiger partial charge < -0.3 is 34.1 Å². The fraction of sp³-hybridized carbons (Fsp3) is 0.400. The van der Waals surface area contributed by atoms with E-state index >= 15 is 0 Å². The lowest BCUT2D eigenvalue weighted by molar-refractivity contribution is -0.0974. The minimum Gasteiger partial charge on any atom is -0.397 e. The number of methoxy groups -OCH3 is 1. The van der Waals surface area contributed by atoms with Crippen LogP contribution in [0.15, 0.2) is 41.9 Å². The summed E-state index contributed by atoms with van der Waals surface area (Å²) < 4.78 is 13.4. The topological polar surface area (TPSA) is 114 Å². The molecular formula is C20H23ClN4O5. The van der Waals surface area contributed by atoms with Crippen LogP contribution in [0.1, 0.15) is 23.5 Å². The molecule has 0 amide bonds. The monoisotopic (exact) mass is 434 g/mol. The van der Waals surface area contributed by atoms with Crippen molar-refractivity contribution in [2.24, 2.45) is 5.16 Å². The van der Waals surface area contributed by atoms with Crippen LogP contribution in [0, 0.1) is 6.92 Å². The Kier molecular flexibility index (Phi) is 5.81. The van der Waals surface area contributed by atoms with Crippen LogP contribution in [-0.4, -0.2) is 57.3 Å². The van der Waals surface area contributed by atoms with E-state index in [9.17, 15) is 10.2 Å². The summed E-state index contributed by atoms with van der Waals surface area (Å²) in [5.74, 6) is 0. The van der Waals surface area contributed by atoms with E-state index in [0.29, 0.717) is 21.5 Å². The predicted molar refractivity (Wildman–Crippen MR) is 109 cm³/mol. The lowest BCUT2D eigenvalue weighted by Gasteiger charge is -2.25. The van der Waals surface area contributed by atoms with Gasteiger partial charge in [0.1, 0.15) is 37.2 Å². The smallest absolute Gasteiger partial charge is 0.181 e. The van der Waals surface area contributed by atoms with Crippen LogP contribution in [0.25, 0.3) is 11.0 Å². The van der Waals surface area contributed by atoms with Crippen LogP contribution in [-0.2, 0) is 14.3 Å². The molecule has 1 fully saturated rings. The molecule has 1 aliphatic heterocycles. The van der Waals surface area contributed by atoms with Crippen LogP contribution in [0.5, 0.6) is 0 Å². The highest BCUT2D eigenvalue weighted by molar-refractivity contribution is 6.31. The maximum Gasteiger partial charge on any atom is 0.181 e. The van der Waals surface area contributed by atoms with Gasteiger partial charge in [-0.3, -0.25) is 0 Å². The number of aryl methyl sites for hydroxylation is 1. The van der Waals surface area contributed by atoms with Crippen LogP contribution in [0.3, 0.4) is 0 Å². The molecular weight excluding hydrogens is 412 g/mol. The second kappa shape index (κ2) is 8.37. The van der Waals surface area contributed by atoms with Crippen LogP contribution in [0.4, 0.5) is 0 Å². The quantitative estimate of drug-likeness (QED) is 0.527. The van der Waals surface area contributed by atoms with Crippen molar-refractivity contribution in [3.8, 4) is 0 Å². The number of halogens is 1. The number of nitrogens with one attached hydrogen (secondary N) is 1. The number of benzene rings is 1. The van der Waals surface area contributed by atoms with E-state index in [0.717, 1.165) is 11.1 Å². The summed E-state index contributed by atoms with van der Waals surface area (Å²) in [6.45, 7) is 1.89. The van der Waals surface area contributed by atoms with Crippen molar-refractivity contribution in [3.05, 3.63) is 58.4 Å². The Bertz CT molecular complexity index is 1110. The van der Waals surface area contributed by atoms with Gasteiger partial charge in [0.15, 0.2) is 11.7 Å². The molecule has 3 N–H and O–H groups in total. The lowest BCUT2D eigenvalue weighted by Crippen LogP contribution is -2.35. The molecule has 5 atom stereocenters. The largest absolute Gasteiger partial charge is 0.397 e. The van der Waals surface area contributed by atoms with Crippen molar-refractivity contribution in [1.29, 1.82) is 0 Å². The molecule has 0 unspecified atom stereocenters. The first-order chi connectivity index (χ1) is 14.5. The number of ether oxygens (including phenoxy) is 2. The van der Waals surface area contributed by atoms with E-state index in [4.69, 9.17) is 25.9 Å². The van der Waals surface area contributed by atoms with Crippen LogP contribution < -0.4 is 5.49 Å². The summed E-state index contributed by atoms with van der Waals surface area (Å²) in [6.07, 6.45) is -1.43. The number of aromatic amines is 1. The van der Waals surface area contributed by atoms with E-state index in [1.807, 2.05) is 19.1 Å². The highest BCUT2D eigenvalue weighted by Crippen LogP contribution is 2.39. The molecule has 0 spiro atoms. The zero-order valence-corrected chi connectivity index (χ0v) is 17.4. The van der Waals surface area contributed by atoms with Gasteiger partial charge in [0.25, 0.3) is 0 Å². The van der Waals surface area contributed by atoms with Crippen molar-refractivity contribution in [3.63, 3.8) is 0 Å². The molecule has 0 saturated carbocycles. The average Bonchev–Trinajstić information content (AvgIpc) is 3.28. The Balaban J connectivity index is 1.69. The molecule has 0 radical (unpaired) electrons. The molecule has 1 saturated heterocycles. The molecule has 0 aliphatic carbocycles. The van der Waals surface area contributed by atoms with Crippen molar-refractivity contribution in [2.45, 2.75) is 37.6 Å². The van der Waals surface area contributed by atoms with Gasteiger partial charge in [-0.15, -0.1) is 0 Å². The molecule has 3 heterocycles. The number of aliphatic hydroxyl groups excluding tert-OH is 2. The molecule has 0 bridgehead atoms. The fourth-order valence-electron chi connectivity index (χ4n) is 3.83. The second-order valence-corrected chi connectivity index (χ2v) is 7.53. The van der Waals surface area contributed by atoms with Gasteiger partial charge in [-0.05, 0) is 30.2 Å². The number of rotatable bonds is 5. The number of aliphatic hydroxyl groups is 2. The van der Waals surface area contributed by atoms with Crippen molar-refractivity contribution in [1.82, 2.24) is 14.5 Å². The van der Waals surface area contributed by atoms with Gasteiger partial charge in [-0.2, -0.15) is 0 Å². The van der Waals surface area contributed by atoms with E-state index in [1.165, 1.54) is 20.5 Å². The standard InChI is InChI=1S/C20H23ClN4O5/c1-10-8-11(4-5-13(10)21)16(28-2)17-14(26)15(27)20(30-17)25-7-6-12-18(24-29-3)22-9-23-19(12)25/h4-9,14-17,20,26-27H,1-3H3,(H,22,23,24)/t14-,15+,16+,17-,20+/m0/s1. The Morgan fingerprint density at radius 2 is 2.07 bits per heavy atom. The maximum absolute atomic E-state index is 10.8.